The molecule has 0 heterocycles. The maximum absolute atomic E-state index is 12.6. The molecule has 0 aliphatic rings. The first-order valence-electron chi connectivity index (χ1n) is 10.3. The molecular formula is C27H23NO4. The number of nitriles is 1. The van der Waals surface area contributed by atoms with Gasteiger partial charge in [-0.15, -0.1) is 0 Å². The molecule has 5 nitrogen and oxygen atoms in total. The Kier molecular flexibility index (Phi) is 7.55. The Balaban J connectivity index is 1.73. The third-order valence-corrected chi connectivity index (χ3v) is 4.68. The van der Waals surface area contributed by atoms with E-state index in [0.29, 0.717) is 34.6 Å². The van der Waals surface area contributed by atoms with Crippen molar-refractivity contribution in [3.8, 4) is 17.6 Å². The summed E-state index contributed by atoms with van der Waals surface area (Å²) in [5, 5.41) is 9.43. The highest BCUT2D eigenvalue weighted by Crippen LogP contribution is 2.23. The van der Waals surface area contributed by atoms with Crippen LogP contribution >= 0.6 is 0 Å². The topological polar surface area (TPSA) is 76.4 Å². The zero-order valence-corrected chi connectivity index (χ0v) is 18.0. The van der Waals surface area contributed by atoms with Crippen LogP contribution in [-0.2, 0) is 4.79 Å². The number of rotatable bonds is 8. The third-order valence-electron chi connectivity index (χ3n) is 4.68. The van der Waals surface area contributed by atoms with Gasteiger partial charge in [-0.2, -0.15) is 5.26 Å². The molecular weight excluding hydrogens is 402 g/mol. The average Bonchev–Trinajstić information content (AvgIpc) is 2.83. The van der Waals surface area contributed by atoms with E-state index in [0.717, 1.165) is 12.2 Å². The van der Waals surface area contributed by atoms with E-state index in [1.54, 1.807) is 73.7 Å². The van der Waals surface area contributed by atoms with Crippen LogP contribution in [0.5, 0.6) is 11.5 Å². The number of ether oxygens (including phenoxy) is 2. The summed E-state index contributed by atoms with van der Waals surface area (Å²) in [6.07, 6.45) is 2.38. The minimum Gasteiger partial charge on any atom is -0.494 e. The van der Waals surface area contributed by atoms with E-state index in [1.807, 2.05) is 19.1 Å². The zero-order chi connectivity index (χ0) is 22.9. The molecule has 0 atom stereocenters. The summed E-state index contributed by atoms with van der Waals surface area (Å²) in [5.74, 6) is 0.148. The highest BCUT2D eigenvalue weighted by molar-refractivity contribution is 6.09. The largest absolute Gasteiger partial charge is 0.494 e. The second kappa shape index (κ2) is 10.7. The molecule has 0 saturated carbocycles. The molecule has 0 unspecified atom stereocenters. The van der Waals surface area contributed by atoms with Crippen molar-refractivity contribution < 1.29 is 19.1 Å². The summed E-state index contributed by atoms with van der Waals surface area (Å²) in [5.41, 5.74) is 2.25. The van der Waals surface area contributed by atoms with Gasteiger partial charge in [0.05, 0.1) is 6.61 Å². The van der Waals surface area contributed by atoms with Crippen LogP contribution in [0.15, 0.2) is 78.4 Å². The third kappa shape index (κ3) is 5.71. The smallest absolute Gasteiger partial charge is 0.354 e. The first kappa shape index (κ1) is 22.5. The van der Waals surface area contributed by atoms with Crippen LogP contribution in [0, 0.1) is 18.3 Å². The van der Waals surface area contributed by atoms with Crippen molar-refractivity contribution in [3.63, 3.8) is 0 Å². The molecule has 0 amide bonds. The first-order chi connectivity index (χ1) is 15.5. The lowest BCUT2D eigenvalue weighted by Gasteiger charge is -2.09. The maximum Gasteiger partial charge on any atom is 0.354 e. The summed E-state index contributed by atoms with van der Waals surface area (Å²) >= 11 is 0. The molecule has 0 bridgehead atoms. The Hall–Kier alpha value is -4.17. The molecule has 0 aliphatic carbocycles. The monoisotopic (exact) mass is 425 g/mol. The molecule has 5 heteroatoms. The van der Waals surface area contributed by atoms with Gasteiger partial charge in [0.25, 0.3) is 0 Å². The van der Waals surface area contributed by atoms with E-state index < -0.39 is 5.97 Å². The van der Waals surface area contributed by atoms with Crippen molar-refractivity contribution in [3.05, 3.63) is 101 Å². The fraction of sp³-hybridized carbons (Fsp3) is 0.148. The standard InChI is InChI=1S/C27H23NO4/c1-3-15-31-24-12-9-20(10-13-24)17-23(18-28)27(30)32-25-14-11-22(16-19(25)2)26(29)21-7-5-4-6-8-21/h4-14,16-17H,3,15H2,1-2H3. The molecule has 3 aromatic carbocycles. The number of carbonyl (C=O) groups excluding carboxylic acids is 2. The molecule has 0 N–H and O–H groups in total. The molecule has 3 rings (SSSR count). The predicted octanol–water partition coefficient (Wildman–Crippen LogP) is 5.53. The Morgan fingerprint density at radius 2 is 1.69 bits per heavy atom. The van der Waals surface area contributed by atoms with E-state index in [9.17, 15) is 14.9 Å². The van der Waals surface area contributed by atoms with Crippen molar-refractivity contribution >= 4 is 17.8 Å². The first-order valence-corrected chi connectivity index (χ1v) is 10.3. The Labute approximate surface area is 187 Å². The van der Waals surface area contributed by atoms with Crippen LogP contribution in [0.2, 0.25) is 0 Å². The molecule has 0 aliphatic heterocycles. The molecule has 0 spiro atoms. The quantitative estimate of drug-likeness (QED) is 0.156. The van der Waals surface area contributed by atoms with Gasteiger partial charge < -0.3 is 9.47 Å². The number of hydrogen-bond donors (Lipinski definition) is 0. The Bertz CT molecular complexity index is 1170. The van der Waals surface area contributed by atoms with Crippen LogP contribution in [0.4, 0.5) is 0 Å². The molecule has 0 radical (unpaired) electrons. The molecule has 0 aromatic heterocycles. The van der Waals surface area contributed by atoms with Crippen molar-refractivity contribution in [2.24, 2.45) is 0 Å². The molecule has 32 heavy (non-hydrogen) atoms. The van der Waals surface area contributed by atoms with Gasteiger partial charge in [0, 0.05) is 11.1 Å². The summed E-state index contributed by atoms with van der Waals surface area (Å²) in [6, 6.07) is 22.8. The van der Waals surface area contributed by atoms with Gasteiger partial charge in [0.1, 0.15) is 23.1 Å². The normalized spacial score (nSPS) is 10.8. The lowest BCUT2D eigenvalue weighted by molar-refractivity contribution is -0.129. The average molecular weight is 425 g/mol. The van der Waals surface area contributed by atoms with Gasteiger partial charge in [0.2, 0.25) is 0 Å². The molecule has 0 fully saturated rings. The maximum atomic E-state index is 12.6. The summed E-state index contributed by atoms with van der Waals surface area (Å²) in [4.78, 5) is 25.1. The Morgan fingerprint density at radius 3 is 2.31 bits per heavy atom. The lowest BCUT2D eigenvalue weighted by atomic mass is 10.0. The van der Waals surface area contributed by atoms with E-state index in [2.05, 4.69) is 0 Å². The van der Waals surface area contributed by atoms with Crippen molar-refractivity contribution in [2.45, 2.75) is 20.3 Å². The van der Waals surface area contributed by atoms with E-state index >= 15 is 0 Å². The number of carbonyl (C=O) groups is 2. The second-order valence-corrected chi connectivity index (χ2v) is 7.15. The highest BCUT2D eigenvalue weighted by atomic mass is 16.5. The highest BCUT2D eigenvalue weighted by Gasteiger charge is 2.16. The van der Waals surface area contributed by atoms with Crippen molar-refractivity contribution in [1.29, 1.82) is 5.26 Å². The zero-order valence-electron chi connectivity index (χ0n) is 18.0. The number of ketones is 1. The second-order valence-electron chi connectivity index (χ2n) is 7.15. The van der Waals surface area contributed by atoms with Crippen LogP contribution in [0.1, 0.15) is 40.4 Å². The number of benzene rings is 3. The predicted molar refractivity (Wildman–Crippen MR) is 123 cm³/mol. The molecule has 160 valence electrons. The molecule has 0 saturated heterocycles. The summed E-state index contributed by atoms with van der Waals surface area (Å²) < 4.78 is 11.0. The minimum atomic E-state index is -0.760. The number of esters is 1. The van der Waals surface area contributed by atoms with Gasteiger partial charge in [-0.1, -0.05) is 49.4 Å². The Morgan fingerprint density at radius 1 is 0.969 bits per heavy atom. The minimum absolute atomic E-state index is 0.115. The van der Waals surface area contributed by atoms with Crippen LogP contribution in [0.25, 0.3) is 6.08 Å². The lowest BCUT2D eigenvalue weighted by Crippen LogP contribution is -2.11. The number of nitrogens with zero attached hydrogens (tertiary/aromatic N) is 1. The van der Waals surface area contributed by atoms with E-state index in [1.165, 1.54) is 6.08 Å². The van der Waals surface area contributed by atoms with Crippen LogP contribution in [-0.4, -0.2) is 18.4 Å². The summed E-state index contributed by atoms with van der Waals surface area (Å²) in [6.45, 7) is 4.40. The van der Waals surface area contributed by atoms with Gasteiger partial charge in [-0.3, -0.25) is 4.79 Å². The molecule has 3 aromatic rings. The fourth-order valence-corrected chi connectivity index (χ4v) is 3.00. The van der Waals surface area contributed by atoms with Crippen molar-refractivity contribution in [2.75, 3.05) is 6.61 Å². The van der Waals surface area contributed by atoms with Crippen molar-refractivity contribution in [1.82, 2.24) is 0 Å². The van der Waals surface area contributed by atoms with Gasteiger partial charge in [-0.25, -0.2) is 4.79 Å². The van der Waals surface area contributed by atoms with Gasteiger partial charge >= 0.3 is 5.97 Å². The van der Waals surface area contributed by atoms with E-state index in [4.69, 9.17) is 9.47 Å². The number of hydrogen-bond acceptors (Lipinski definition) is 5. The summed E-state index contributed by atoms with van der Waals surface area (Å²) in [7, 11) is 0. The van der Waals surface area contributed by atoms with Crippen LogP contribution in [0.3, 0.4) is 0 Å². The van der Waals surface area contributed by atoms with Crippen LogP contribution < -0.4 is 9.47 Å². The van der Waals surface area contributed by atoms with Gasteiger partial charge in [-0.05, 0) is 60.9 Å². The van der Waals surface area contributed by atoms with Gasteiger partial charge in [0.15, 0.2) is 5.78 Å². The number of aryl methyl sites for hydroxylation is 1. The SMILES string of the molecule is CCCOc1ccc(C=C(C#N)C(=O)Oc2ccc(C(=O)c3ccccc3)cc2C)cc1. The van der Waals surface area contributed by atoms with E-state index in [-0.39, 0.29) is 11.4 Å². The fourth-order valence-electron chi connectivity index (χ4n) is 3.00.